The van der Waals surface area contributed by atoms with Crippen molar-refractivity contribution in [1.29, 1.82) is 0 Å². The third-order valence-corrected chi connectivity index (χ3v) is 7.79. The van der Waals surface area contributed by atoms with E-state index in [0.717, 1.165) is 16.9 Å². The van der Waals surface area contributed by atoms with Gasteiger partial charge in [-0.2, -0.15) is 4.31 Å². The van der Waals surface area contributed by atoms with Crippen LogP contribution in [-0.4, -0.2) is 72.1 Å². The van der Waals surface area contributed by atoms with E-state index in [1.165, 1.54) is 4.31 Å². The Kier molecular flexibility index (Phi) is 7.59. The molecule has 2 N–H and O–H groups in total. The Morgan fingerprint density at radius 3 is 2.53 bits per heavy atom. The number of hydrogen-bond donors (Lipinski definition) is 2. The first-order valence-electron chi connectivity index (χ1n) is 11.5. The number of aryl methyl sites for hydroxylation is 1. The van der Waals surface area contributed by atoms with Gasteiger partial charge in [0.05, 0.1) is 15.9 Å². The number of aromatic nitrogens is 2. The van der Waals surface area contributed by atoms with Crippen LogP contribution in [0.25, 0.3) is 11.0 Å². The predicted octanol–water partition coefficient (Wildman–Crippen LogP) is 1.93. The molecule has 180 valence electrons. The minimum absolute atomic E-state index is 0.0496. The molecule has 1 saturated heterocycles. The maximum atomic E-state index is 13.1. The van der Waals surface area contributed by atoms with E-state index < -0.39 is 10.0 Å². The fraction of sp³-hybridized carbons (Fsp3) is 0.375. The van der Waals surface area contributed by atoms with Crippen molar-refractivity contribution in [3.8, 4) is 0 Å². The van der Waals surface area contributed by atoms with Gasteiger partial charge in [-0.25, -0.2) is 13.4 Å². The van der Waals surface area contributed by atoms with Crippen LogP contribution in [0, 0.1) is 0 Å². The van der Waals surface area contributed by atoms with E-state index in [1.807, 2.05) is 24.3 Å². The second-order valence-electron chi connectivity index (χ2n) is 8.25. The third kappa shape index (κ3) is 5.81. The molecule has 2 heterocycles. The molecule has 9 nitrogen and oxygen atoms in total. The summed E-state index contributed by atoms with van der Waals surface area (Å²) in [6.07, 6.45) is 1.31. The first-order chi connectivity index (χ1) is 16.4. The molecule has 2 aromatic carbocycles. The number of para-hydroxylation sites is 2. The van der Waals surface area contributed by atoms with Gasteiger partial charge < -0.3 is 15.2 Å². The summed E-state index contributed by atoms with van der Waals surface area (Å²) in [7, 11) is -3.72. The highest BCUT2D eigenvalue weighted by molar-refractivity contribution is 7.89. The van der Waals surface area contributed by atoms with Crippen molar-refractivity contribution < 1.29 is 18.0 Å². The molecular formula is C24H29N5O4S. The Morgan fingerprint density at radius 2 is 1.74 bits per heavy atom. The summed E-state index contributed by atoms with van der Waals surface area (Å²) in [5.41, 5.74) is 1.80. The minimum atomic E-state index is -3.72. The number of benzene rings is 2. The van der Waals surface area contributed by atoms with E-state index in [-0.39, 0.29) is 42.6 Å². The average molecular weight is 484 g/mol. The summed E-state index contributed by atoms with van der Waals surface area (Å²) in [5, 5.41) is 2.80. The number of nitrogens with one attached hydrogen (secondary N) is 2. The Labute approximate surface area is 199 Å². The van der Waals surface area contributed by atoms with Crippen molar-refractivity contribution in [3.63, 3.8) is 0 Å². The molecule has 10 heteroatoms. The number of rotatable bonds is 5. The molecule has 1 aromatic heterocycles. The number of sulfonamides is 1. The SMILES string of the molecule is O=C1CCN(S(=O)(=O)c2ccccc2)CCCN(C(=O)CCc2nc3ccccc3[nH]2)CCN1. The molecule has 0 aliphatic carbocycles. The van der Waals surface area contributed by atoms with Gasteiger partial charge in [-0.1, -0.05) is 30.3 Å². The molecule has 0 bridgehead atoms. The lowest BCUT2D eigenvalue weighted by Crippen LogP contribution is -2.39. The van der Waals surface area contributed by atoms with Gasteiger partial charge in [-0.3, -0.25) is 9.59 Å². The maximum Gasteiger partial charge on any atom is 0.243 e. The van der Waals surface area contributed by atoms with Crippen LogP contribution in [0.3, 0.4) is 0 Å². The number of fused-ring (bicyclic) bond motifs is 1. The van der Waals surface area contributed by atoms with E-state index in [9.17, 15) is 18.0 Å². The molecule has 1 aliphatic rings. The molecule has 2 amide bonds. The van der Waals surface area contributed by atoms with Gasteiger partial charge in [0.2, 0.25) is 21.8 Å². The highest BCUT2D eigenvalue weighted by atomic mass is 32.2. The zero-order chi connectivity index (χ0) is 24.0. The Bertz CT molecular complexity index is 1210. The molecule has 1 aliphatic heterocycles. The maximum absolute atomic E-state index is 13.1. The summed E-state index contributed by atoms with van der Waals surface area (Å²) in [4.78, 5) is 34.9. The fourth-order valence-corrected chi connectivity index (χ4v) is 5.55. The molecule has 4 rings (SSSR count). The van der Waals surface area contributed by atoms with E-state index in [1.54, 1.807) is 35.2 Å². The quantitative estimate of drug-likeness (QED) is 0.575. The van der Waals surface area contributed by atoms with Crippen molar-refractivity contribution >= 4 is 32.9 Å². The molecule has 0 unspecified atom stereocenters. The number of hydrogen-bond acceptors (Lipinski definition) is 5. The van der Waals surface area contributed by atoms with Crippen LogP contribution < -0.4 is 5.32 Å². The fourth-order valence-electron chi connectivity index (χ4n) is 4.05. The molecule has 1 fully saturated rings. The van der Waals surface area contributed by atoms with Gasteiger partial charge in [-0.15, -0.1) is 0 Å². The lowest BCUT2D eigenvalue weighted by molar-refractivity contribution is -0.131. The van der Waals surface area contributed by atoms with Crippen LogP contribution in [0.5, 0.6) is 0 Å². The largest absolute Gasteiger partial charge is 0.354 e. The zero-order valence-corrected chi connectivity index (χ0v) is 19.8. The van der Waals surface area contributed by atoms with Gasteiger partial charge >= 0.3 is 0 Å². The van der Waals surface area contributed by atoms with Crippen molar-refractivity contribution in [3.05, 3.63) is 60.4 Å². The normalized spacial score (nSPS) is 16.7. The van der Waals surface area contributed by atoms with E-state index in [0.29, 0.717) is 32.5 Å². The average Bonchev–Trinajstić information content (AvgIpc) is 3.25. The lowest BCUT2D eigenvalue weighted by Gasteiger charge is -2.24. The third-order valence-electron chi connectivity index (χ3n) is 5.88. The number of amides is 2. The Morgan fingerprint density at radius 1 is 0.971 bits per heavy atom. The topological polar surface area (TPSA) is 115 Å². The molecule has 0 spiro atoms. The highest BCUT2D eigenvalue weighted by Crippen LogP contribution is 2.17. The first-order valence-corrected chi connectivity index (χ1v) is 12.9. The van der Waals surface area contributed by atoms with Crippen LogP contribution in [-0.2, 0) is 26.0 Å². The molecule has 0 atom stereocenters. The molecule has 0 saturated carbocycles. The summed E-state index contributed by atoms with van der Waals surface area (Å²) < 4.78 is 27.5. The summed E-state index contributed by atoms with van der Waals surface area (Å²) >= 11 is 0. The van der Waals surface area contributed by atoms with Gasteiger partial charge in [-0.05, 0) is 30.7 Å². The van der Waals surface area contributed by atoms with Gasteiger partial charge in [0.15, 0.2) is 0 Å². The van der Waals surface area contributed by atoms with Crippen LogP contribution in [0.1, 0.15) is 25.1 Å². The Balaban J connectivity index is 1.41. The van der Waals surface area contributed by atoms with Gasteiger partial charge in [0.25, 0.3) is 0 Å². The van der Waals surface area contributed by atoms with Crippen LogP contribution in [0.4, 0.5) is 0 Å². The Hall–Kier alpha value is -3.24. The van der Waals surface area contributed by atoms with Crippen molar-refractivity contribution in [2.75, 3.05) is 32.7 Å². The molecule has 0 radical (unpaired) electrons. The number of H-pyrrole nitrogens is 1. The summed E-state index contributed by atoms with van der Waals surface area (Å²) in [5.74, 6) is 0.470. The van der Waals surface area contributed by atoms with Crippen LogP contribution in [0.15, 0.2) is 59.5 Å². The molecular weight excluding hydrogens is 454 g/mol. The van der Waals surface area contributed by atoms with Gasteiger partial charge in [0.1, 0.15) is 5.82 Å². The number of imidazole rings is 1. The number of carbonyl (C=O) groups excluding carboxylic acids is 2. The standard InChI is InChI=1S/C24H29N5O4S/c30-23-13-17-29(34(32,33)19-7-2-1-3-8-19)16-6-15-28(18-14-25-23)24(31)12-11-22-26-20-9-4-5-10-21(20)27-22/h1-5,7-10H,6,11-18H2,(H,25,30)(H,26,27). The summed E-state index contributed by atoms with van der Waals surface area (Å²) in [6.45, 7) is 1.47. The molecule has 3 aromatic rings. The van der Waals surface area contributed by atoms with Crippen molar-refractivity contribution in [2.45, 2.75) is 30.6 Å². The van der Waals surface area contributed by atoms with E-state index >= 15 is 0 Å². The smallest absolute Gasteiger partial charge is 0.243 e. The lowest BCUT2D eigenvalue weighted by atomic mass is 10.2. The van der Waals surface area contributed by atoms with Crippen molar-refractivity contribution in [2.24, 2.45) is 0 Å². The monoisotopic (exact) mass is 483 g/mol. The van der Waals surface area contributed by atoms with Gasteiger partial charge in [0, 0.05) is 52.0 Å². The van der Waals surface area contributed by atoms with Crippen LogP contribution >= 0.6 is 0 Å². The molecule has 34 heavy (non-hydrogen) atoms. The van der Waals surface area contributed by atoms with E-state index in [2.05, 4.69) is 15.3 Å². The number of aromatic amines is 1. The minimum Gasteiger partial charge on any atom is -0.354 e. The van der Waals surface area contributed by atoms with Crippen molar-refractivity contribution in [1.82, 2.24) is 24.5 Å². The second-order valence-corrected chi connectivity index (χ2v) is 10.2. The predicted molar refractivity (Wildman–Crippen MR) is 128 cm³/mol. The second kappa shape index (κ2) is 10.8. The van der Waals surface area contributed by atoms with Crippen LogP contribution in [0.2, 0.25) is 0 Å². The number of carbonyl (C=O) groups is 2. The zero-order valence-electron chi connectivity index (χ0n) is 18.9. The summed E-state index contributed by atoms with van der Waals surface area (Å²) in [6, 6.07) is 15.9. The van der Waals surface area contributed by atoms with E-state index in [4.69, 9.17) is 0 Å². The first kappa shape index (κ1) is 23.9. The number of nitrogens with zero attached hydrogens (tertiary/aromatic N) is 3. The highest BCUT2D eigenvalue weighted by Gasteiger charge is 2.26.